The fourth-order valence-corrected chi connectivity index (χ4v) is 0.355. The molecule has 0 amide bonds. The van der Waals surface area contributed by atoms with Crippen molar-refractivity contribution < 1.29 is 17.0 Å². The average Bonchev–Trinajstić information content (AvgIpc) is 1.41. The van der Waals surface area contributed by atoms with Gasteiger partial charge in [0.1, 0.15) is 0 Å². The zero-order chi connectivity index (χ0) is 4.12. The fourth-order valence-electron chi connectivity index (χ4n) is 0.0861. The SMILES string of the molecule is C/C=C/[CH]=[V]. The summed E-state index contributed by atoms with van der Waals surface area (Å²) in [6.45, 7) is 1.99. The molecule has 0 fully saturated rings. The van der Waals surface area contributed by atoms with Crippen LogP contribution in [0.3, 0.4) is 0 Å². The molecule has 0 aliphatic rings. The molecule has 0 spiro atoms. The molecule has 0 aliphatic carbocycles. The fraction of sp³-hybridized carbons (Fsp3) is 0.250. The molecule has 0 saturated heterocycles. The summed E-state index contributed by atoms with van der Waals surface area (Å²) in [5, 5.41) is 0. The van der Waals surface area contributed by atoms with E-state index in [4.69, 9.17) is 0 Å². The van der Waals surface area contributed by atoms with Crippen molar-refractivity contribution >= 4 is 4.73 Å². The van der Waals surface area contributed by atoms with Crippen molar-refractivity contribution in [1.29, 1.82) is 0 Å². The van der Waals surface area contributed by atoms with Crippen LogP contribution in [0.25, 0.3) is 0 Å². The van der Waals surface area contributed by atoms with Crippen LogP contribution in [0, 0.1) is 0 Å². The van der Waals surface area contributed by atoms with Crippen LogP contribution in [0.1, 0.15) is 6.92 Å². The van der Waals surface area contributed by atoms with Crippen molar-refractivity contribution in [3.63, 3.8) is 0 Å². The Hall–Kier alpha value is 0.194. The summed E-state index contributed by atoms with van der Waals surface area (Å²) in [6, 6.07) is 0. The van der Waals surface area contributed by atoms with E-state index in [-0.39, 0.29) is 0 Å². The van der Waals surface area contributed by atoms with Crippen molar-refractivity contribution in [1.82, 2.24) is 0 Å². The van der Waals surface area contributed by atoms with Gasteiger partial charge in [0.2, 0.25) is 0 Å². The van der Waals surface area contributed by atoms with Crippen LogP contribution in [0.5, 0.6) is 0 Å². The van der Waals surface area contributed by atoms with E-state index in [9.17, 15) is 0 Å². The zero-order valence-electron chi connectivity index (χ0n) is 3.18. The number of hydrogen-bond acceptors (Lipinski definition) is 0. The Balaban J connectivity index is 2.92. The first-order chi connectivity index (χ1) is 2.41. The minimum absolute atomic E-state index is 1.94. The molecule has 0 N–H and O–H groups in total. The molecular formula is C4H6V. The number of rotatable bonds is 1. The van der Waals surface area contributed by atoms with Crippen LogP contribution in [0.15, 0.2) is 12.2 Å². The first-order valence-corrected chi connectivity index (χ1v) is 2.31. The molecule has 27 valence electrons. The van der Waals surface area contributed by atoms with Crippen molar-refractivity contribution in [2.24, 2.45) is 0 Å². The van der Waals surface area contributed by atoms with Gasteiger partial charge >= 0.3 is 40.8 Å². The summed E-state index contributed by atoms with van der Waals surface area (Å²) in [7, 11) is 0. The molecule has 0 aromatic heterocycles. The predicted molar refractivity (Wildman–Crippen MR) is 20.9 cm³/mol. The Morgan fingerprint density at radius 2 is 2.20 bits per heavy atom. The van der Waals surface area contributed by atoms with Crippen LogP contribution < -0.4 is 0 Å². The van der Waals surface area contributed by atoms with E-state index in [1.54, 1.807) is 0 Å². The Morgan fingerprint density at radius 3 is 2.20 bits per heavy atom. The van der Waals surface area contributed by atoms with E-state index in [1.165, 1.54) is 0 Å². The van der Waals surface area contributed by atoms with Gasteiger partial charge in [-0.25, -0.2) is 0 Å². The Labute approximate surface area is 41.4 Å². The topological polar surface area (TPSA) is 0 Å². The minimum atomic E-state index is 1.94. The quantitative estimate of drug-likeness (QED) is 0.465. The second kappa shape index (κ2) is 4.19. The molecule has 5 heavy (non-hydrogen) atoms. The van der Waals surface area contributed by atoms with Crippen LogP contribution in [0.2, 0.25) is 0 Å². The first kappa shape index (κ1) is 5.19. The second-order valence-electron chi connectivity index (χ2n) is 0.675. The summed E-state index contributed by atoms with van der Waals surface area (Å²) < 4.78 is 1.94. The number of allylic oxidation sites excluding steroid dienone is 2. The Kier molecular flexibility index (Phi) is 4.36. The van der Waals surface area contributed by atoms with Crippen molar-refractivity contribution in [3.8, 4) is 0 Å². The van der Waals surface area contributed by atoms with E-state index in [2.05, 4.69) is 17.0 Å². The van der Waals surface area contributed by atoms with Gasteiger partial charge in [-0.3, -0.25) is 0 Å². The Bertz CT molecular complexity index is 45.6. The number of hydrogen-bond donors (Lipinski definition) is 0. The molecule has 0 aromatic rings. The summed E-state index contributed by atoms with van der Waals surface area (Å²) in [5.74, 6) is 0. The third kappa shape index (κ3) is 4.19. The van der Waals surface area contributed by atoms with E-state index in [0.29, 0.717) is 0 Å². The molecule has 0 bridgehead atoms. The third-order valence-electron chi connectivity index (χ3n) is 0.279. The normalized spacial score (nSPS) is 8.80. The van der Waals surface area contributed by atoms with Crippen LogP contribution in [0.4, 0.5) is 0 Å². The van der Waals surface area contributed by atoms with E-state index in [1.807, 2.05) is 23.8 Å². The van der Waals surface area contributed by atoms with E-state index < -0.39 is 0 Å². The van der Waals surface area contributed by atoms with Gasteiger partial charge in [-0.2, -0.15) is 0 Å². The molecule has 0 aliphatic heterocycles. The summed E-state index contributed by atoms with van der Waals surface area (Å²) in [5.41, 5.74) is 0. The zero-order valence-corrected chi connectivity index (χ0v) is 4.58. The average molecular weight is 105 g/mol. The molecule has 0 unspecified atom stereocenters. The van der Waals surface area contributed by atoms with Gasteiger partial charge in [0.05, 0.1) is 0 Å². The Morgan fingerprint density at radius 1 is 1.60 bits per heavy atom. The van der Waals surface area contributed by atoms with Gasteiger partial charge in [0, 0.05) is 0 Å². The molecule has 0 aromatic carbocycles. The van der Waals surface area contributed by atoms with Crippen molar-refractivity contribution in [2.45, 2.75) is 6.92 Å². The van der Waals surface area contributed by atoms with Gasteiger partial charge in [-0.15, -0.1) is 0 Å². The van der Waals surface area contributed by atoms with Crippen molar-refractivity contribution in [3.05, 3.63) is 12.2 Å². The van der Waals surface area contributed by atoms with Gasteiger partial charge < -0.3 is 0 Å². The predicted octanol–water partition coefficient (Wildman–Crippen LogP) is 0.911. The molecule has 0 heterocycles. The summed E-state index contributed by atoms with van der Waals surface area (Å²) in [6.07, 6.45) is 3.96. The molecule has 0 atom stereocenters. The van der Waals surface area contributed by atoms with Crippen molar-refractivity contribution in [2.75, 3.05) is 0 Å². The molecule has 1 heteroatoms. The first-order valence-electron chi connectivity index (χ1n) is 1.50. The molecule has 0 nitrogen and oxygen atoms in total. The maximum atomic E-state index is 2.37. The van der Waals surface area contributed by atoms with Gasteiger partial charge in [-0.05, 0) is 0 Å². The molecule has 0 saturated carbocycles. The van der Waals surface area contributed by atoms with Crippen LogP contribution in [-0.2, 0) is 17.0 Å². The van der Waals surface area contributed by atoms with Crippen LogP contribution in [-0.4, -0.2) is 4.73 Å². The monoisotopic (exact) mass is 105 g/mol. The maximum absolute atomic E-state index is 2.37. The second-order valence-corrected chi connectivity index (χ2v) is 1.14. The molecular weight excluding hydrogens is 99.0 g/mol. The standard InChI is InChI=1S/C4H6.V/c1-3-4-2;/h1,3-4H,2H3;/b4-3+;. The summed E-state index contributed by atoms with van der Waals surface area (Å²) in [4.78, 5) is 0. The summed E-state index contributed by atoms with van der Waals surface area (Å²) >= 11 is 2.37. The van der Waals surface area contributed by atoms with Gasteiger partial charge in [-0.1, -0.05) is 0 Å². The van der Waals surface area contributed by atoms with Gasteiger partial charge in [0.15, 0.2) is 0 Å². The molecule has 0 radical (unpaired) electrons. The third-order valence-corrected chi connectivity index (χ3v) is 0.547. The van der Waals surface area contributed by atoms with Gasteiger partial charge in [0.25, 0.3) is 0 Å². The van der Waals surface area contributed by atoms with E-state index in [0.717, 1.165) is 0 Å². The van der Waals surface area contributed by atoms with E-state index >= 15 is 0 Å². The molecule has 0 rings (SSSR count). The van der Waals surface area contributed by atoms with Crippen LogP contribution >= 0.6 is 0 Å².